The highest BCUT2D eigenvalue weighted by molar-refractivity contribution is 5.43. The van der Waals surface area contributed by atoms with Gasteiger partial charge in [0, 0.05) is 13.0 Å². The van der Waals surface area contributed by atoms with Gasteiger partial charge in [0.05, 0.1) is 13.2 Å². The van der Waals surface area contributed by atoms with Crippen molar-refractivity contribution in [3.63, 3.8) is 0 Å². The molecular weight excluding hydrogens is 236 g/mol. The summed E-state index contributed by atoms with van der Waals surface area (Å²) in [5.74, 6) is 1.42. The van der Waals surface area contributed by atoms with E-state index in [0.29, 0.717) is 12.3 Å². The molecule has 0 aliphatic rings. The summed E-state index contributed by atoms with van der Waals surface area (Å²) in [6.07, 6.45) is 1.52. The van der Waals surface area contributed by atoms with Crippen LogP contribution in [0.4, 0.5) is 0 Å². The molecule has 1 N–H and O–H groups in total. The average molecular weight is 260 g/mol. The number of aryl methyl sites for hydroxylation is 1. The fourth-order valence-corrected chi connectivity index (χ4v) is 2.08. The fourth-order valence-electron chi connectivity index (χ4n) is 2.08. The maximum absolute atomic E-state index is 8.49. The Labute approximate surface area is 116 Å². The second-order valence-corrected chi connectivity index (χ2v) is 5.11. The third-order valence-corrected chi connectivity index (χ3v) is 3.27. The monoisotopic (exact) mass is 260 g/mol. The van der Waals surface area contributed by atoms with Crippen molar-refractivity contribution < 1.29 is 4.74 Å². The lowest BCUT2D eigenvalue weighted by atomic mass is 9.96. The molecule has 0 heterocycles. The number of nitrogens with one attached hydrogen (secondary N) is 1. The number of rotatable bonds is 7. The molecule has 0 atom stereocenters. The normalized spacial score (nSPS) is 10.5. The van der Waals surface area contributed by atoms with Gasteiger partial charge in [-0.15, -0.1) is 0 Å². The van der Waals surface area contributed by atoms with Crippen molar-refractivity contribution in [1.82, 2.24) is 5.32 Å². The van der Waals surface area contributed by atoms with E-state index in [-0.39, 0.29) is 0 Å². The van der Waals surface area contributed by atoms with E-state index in [2.05, 4.69) is 44.3 Å². The summed E-state index contributed by atoms with van der Waals surface area (Å²) >= 11 is 0. The van der Waals surface area contributed by atoms with Crippen LogP contribution in [0.25, 0.3) is 0 Å². The van der Waals surface area contributed by atoms with E-state index in [0.717, 1.165) is 25.3 Å². The van der Waals surface area contributed by atoms with Crippen LogP contribution in [0.2, 0.25) is 0 Å². The first kappa shape index (κ1) is 15.5. The second-order valence-electron chi connectivity index (χ2n) is 5.11. The molecule has 3 nitrogen and oxygen atoms in total. The Balaban J connectivity index is 2.73. The van der Waals surface area contributed by atoms with Crippen molar-refractivity contribution in [1.29, 1.82) is 5.26 Å². The smallest absolute Gasteiger partial charge is 0.122 e. The quantitative estimate of drug-likeness (QED) is 0.763. The van der Waals surface area contributed by atoms with Gasteiger partial charge in [-0.1, -0.05) is 19.9 Å². The van der Waals surface area contributed by atoms with Crippen LogP contribution in [0.5, 0.6) is 5.75 Å². The highest BCUT2D eigenvalue weighted by Gasteiger charge is 2.10. The van der Waals surface area contributed by atoms with E-state index in [1.807, 2.05) is 0 Å². The zero-order valence-corrected chi connectivity index (χ0v) is 12.4. The third-order valence-electron chi connectivity index (χ3n) is 3.27. The second kappa shape index (κ2) is 7.81. The SMILES string of the molecule is COc1cc(C)c(CNCCCC#N)cc1C(C)C. The Bertz CT molecular complexity index is 447. The van der Waals surface area contributed by atoms with Crippen molar-refractivity contribution in [3.05, 3.63) is 28.8 Å². The molecule has 0 aliphatic carbocycles. The average Bonchev–Trinajstić information content (AvgIpc) is 2.39. The number of nitriles is 1. The Kier molecular flexibility index (Phi) is 6.38. The van der Waals surface area contributed by atoms with Crippen LogP contribution in [0.15, 0.2) is 12.1 Å². The molecule has 104 valence electrons. The molecule has 0 bridgehead atoms. The number of hydrogen-bond donors (Lipinski definition) is 1. The zero-order chi connectivity index (χ0) is 14.3. The highest BCUT2D eigenvalue weighted by atomic mass is 16.5. The fraction of sp³-hybridized carbons (Fsp3) is 0.562. The number of ether oxygens (including phenoxy) is 1. The first-order chi connectivity index (χ1) is 9.10. The summed E-state index contributed by atoms with van der Waals surface area (Å²) in [7, 11) is 1.72. The van der Waals surface area contributed by atoms with Gasteiger partial charge in [0.2, 0.25) is 0 Å². The molecule has 1 aromatic rings. The van der Waals surface area contributed by atoms with Crippen LogP contribution >= 0.6 is 0 Å². The van der Waals surface area contributed by atoms with Gasteiger partial charge < -0.3 is 10.1 Å². The summed E-state index contributed by atoms with van der Waals surface area (Å²) in [6, 6.07) is 6.51. The van der Waals surface area contributed by atoms with Gasteiger partial charge in [0.25, 0.3) is 0 Å². The summed E-state index contributed by atoms with van der Waals surface area (Å²) in [5.41, 5.74) is 3.80. The summed E-state index contributed by atoms with van der Waals surface area (Å²) in [5, 5.41) is 11.9. The standard InChI is InChI=1S/C16H24N2O/c1-12(2)15-10-14(11-18-8-6-5-7-17)13(3)9-16(15)19-4/h9-10,12,18H,5-6,8,11H2,1-4H3. The van der Waals surface area contributed by atoms with Gasteiger partial charge >= 0.3 is 0 Å². The van der Waals surface area contributed by atoms with Crippen LogP contribution in [-0.4, -0.2) is 13.7 Å². The predicted molar refractivity (Wildman–Crippen MR) is 78.4 cm³/mol. The van der Waals surface area contributed by atoms with Crippen molar-refractivity contribution in [2.24, 2.45) is 0 Å². The molecule has 19 heavy (non-hydrogen) atoms. The maximum Gasteiger partial charge on any atom is 0.122 e. The lowest BCUT2D eigenvalue weighted by Crippen LogP contribution is -2.15. The Hall–Kier alpha value is -1.53. The molecule has 0 aliphatic heterocycles. The molecule has 0 amide bonds. The van der Waals surface area contributed by atoms with E-state index in [1.54, 1.807) is 7.11 Å². The minimum atomic E-state index is 0.452. The Morgan fingerprint density at radius 1 is 1.37 bits per heavy atom. The van der Waals surface area contributed by atoms with E-state index in [1.165, 1.54) is 16.7 Å². The Morgan fingerprint density at radius 3 is 2.68 bits per heavy atom. The van der Waals surface area contributed by atoms with Crippen LogP contribution in [-0.2, 0) is 6.54 Å². The minimum Gasteiger partial charge on any atom is -0.496 e. The van der Waals surface area contributed by atoms with Crippen LogP contribution in [0.1, 0.15) is 49.3 Å². The summed E-state index contributed by atoms with van der Waals surface area (Å²) in [4.78, 5) is 0. The first-order valence-corrected chi connectivity index (χ1v) is 6.85. The lowest BCUT2D eigenvalue weighted by Gasteiger charge is -2.16. The largest absolute Gasteiger partial charge is 0.496 e. The number of methoxy groups -OCH3 is 1. The van der Waals surface area contributed by atoms with E-state index < -0.39 is 0 Å². The van der Waals surface area contributed by atoms with E-state index in [4.69, 9.17) is 10.00 Å². The van der Waals surface area contributed by atoms with Crippen molar-refractivity contribution in [2.75, 3.05) is 13.7 Å². The van der Waals surface area contributed by atoms with Crippen LogP contribution < -0.4 is 10.1 Å². The molecular formula is C16H24N2O. The molecule has 0 spiro atoms. The number of nitrogens with zero attached hydrogens (tertiary/aromatic N) is 1. The van der Waals surface area contributed by atoms with Crippen LogP contribution in [0.3, 0.4) is 0 Å². The van der Waals surface area contributed by atoms with Gasteiger partial charge in [-0.2, -0.15) is 5.26 Å². The maximum atomic E-state index is 8.49. The molecule has 0 fully saturated rings. The van der Waals surface area contributed by atoms with Gasteiger partial charge in [-0.25, -0.2) is 0 Å². The number of benzene rings is 1. The molecule has 0 unspecified atom stereocenters. The number of hydrogen-bond acceptors (Lipinski definition) is 3. The topological polar surface area (TPSA) is 45.0 Å². The Morgan fingerprint density at radius 2 is 2.11 bits per heavy atom. The van der Waals surface area contributed by atoms with E-state index >= 15 is 0 Å². The molecule has 0 saturated heterocycles. The van der Waals surface area contributed by atoms with Crippen LogP contribution in [0, 0.1) is 18.3 Å². The van der Waals surface area contributed by atoms with Gasteiger partial charge in [0.15, 0.2) is 0 Å². The number of unbranched alkanes of at least 4 members (excludes halogenated alkanes) is 1. The van der Waals surface area contributed by atoms with Gasteiger partial charge in [0.1, 0.15) is 5.75 Å². The lowest BCUT2D eigenvalue weighted by molar-refractivity contribution is 0.407. The molecule has 0 radical (unpaired) electrons. The predicted octanol–water partition coefficient (Wildman–Crippen LogP) is 3.52. The summed E-state index contributed by atoms with van der Waals surface area (Å²) in [6.45, 7) is 8.20. The van der Waals surface area contributed by atoms with E-state index in [9.17, 15) is 0 Å². The molecule has 0 saturated carbocycles. The minimum absolute atomic E-state index is 0.452. The van der Waals surface area contributed by atoms with Gasteiger partial charge in [-0.3, -0.25) is 0 Å². The summed E-state index contributed by atoms with van der Waals surface area (Å²) < 4.78 is 5.44. The van der Waals surface area contributed by atoms with Gasteiger partial charge in [-0.05, 0) is 48.6 Å². The van der Waals surface area contributed by atoms with Crippen molar-refractivity contribution in [3.8, 4) is 11.8 Å². The third kappa shape index (κ3) is 4.57. The molecule has 3 heteroatoms. The highest BCUT2D eigenvalue weighted by Crippen LogP contribution is 2.29. The van der Waals surface area contributed by atoms with Crippen molar-refractivity contribution >= 4 is 0 Å². The van der Waals surface area contributed by atoms with Crippen molar-refractivity contribution in [2.45, 2.75) is 46.1 Å². The molecule has 1 rings (SSSR count). The first-order valence-electron chi connectivity index (χ1n) is 6.85. The zero-order valence-electron chi connectivity index (χ0n) is 12.4. The molecule has 0 aromatic heterocycles. The molecule has 1 aromatic carbocycles.